The normalized spacial score (nSPS) is 26.0. The third kappa shape index (κ3) is 2.69. The highest BCUT2D eigenvalue weighted by Crippen LogP contribution is 2.41. The van der Waals surface area contributed by atoms with E-state index >= 15 is 0 Å². The highest BCUT2D eigenvalue weighted by molar-refractivity contribution is 9.10. The van der Waals surface area contributed by atoms with Crippen LogP contribution in [0.5, 0.6) is 0 Å². The van der Waals surface area contributed by atoms with E-state index in [-0.39, 0.29) is 36.6 Å². The molecule has 0 spiro atoms. The zero-order chi connectivity index (χ0) is 15.2. The predicted octanol–water partition coefficient (Wildman–Crippen LogP) is 2.22. The molecule has 1 aromatic carbocycles. The molecule has 1 heterocycles. The Hall–Kier alpha value is -1.43. The van der Waals surface area contributed by atoms with Gasteiger partial charge < -0.3 is 10.2 Å². The van der Waals surface area contributed by atoms with E-state index in [0.29, 0.717) is 10.0 Å². The van der Waals surface area contributed by atoms with E-state index in [9.17, 15) is 14.0 Å². The molecule has 1 N–H and O–H groups in total. The molecule has 112 valence electrons. The van der Waals surface area contributed by atoms with Gasteiger partial charge in [-0.25, -0.2) is 4.39 Å². The van der Waals surface area contributed by atoms with Gasteiger partial charge in [0.05, 0.1) is 6.54 Å². The van der Waals surface area contributed by atoms with E-state index in [1.54, 1.807) is 19.1 Å². The Bertz CT molecular complexity index is 618. The molecular weight excluding hydrogens is 339 g/mol. The van der Waals surface area contributed by atoms with Crippen LogP contribution in [0.2, 0.25) is 0 Å². The molecule has 0 radical (unpaired) electrons. The Morgan fingerprint density at radius 2 is 2.14 bits per heavy atom. The van der Waals surface area contributed by atoms with Gasteiger partial charge in [-0.3, -0.25) is 9.59 Å². The van der Waals surface area contributed by atoms with Crippen LogP contribution in [0.15, 0.2) is 22.7 Å². The van der Waals surface area contributed by atoms with Crippen LogP contribution >= 0.6 is 15.9 Å². The molecule has 1 saturated carbocycles. The van der Waals surface area contributed by atoms with Gasteiger partial charge in [-0.2, -0.15) is 0 Å². The second-order valence-corrected chi connectivity index (χ2v) is 6.84. The lowest BCUT2D eigenvalue weighted by Gasteiger charge is -2.40. The minimum Gasteiger partial charge on any atom is -0.340 e. The minimum atomic E-state index is -0.832. The fourth-order valence-corrected chi connectivity index (χ4v) is 3.21. The van der Waals surface area contributed by atoms with Crippen LogP contribution in [-0.2, 0) is 16.1 Å². The van der Waals surface area contributed by atoms with Gasteiger partial charge >= 0.3 is 0 Å². The Kier molecular flexibility index (Phi) is 3.51. The van der Waals surface area contributed by atoms with Crippen molar-refractivity contribution >= 4 is 27.7 Å². The average molecular weight is 355 g/mol. The maximum atomic E-state index is 13.9. The van der Waals surface area contributed by atoms with Crippen LogP contribution in [0.25, 0.3) is 0 Å². The number of carbonyl (C=O) groups excluding carboxylic acids is 2. The number of hydrogen-bond acceptors (Lipinski definition) is 2. The number of nitrogens with one attached hydrogen (secondary N) is 1. The van der Waals surface area contributed by atoms with Crippen LogP contribution in [0.3, 0.4) is 0 Å². The van der Waals surface area contributed by atoms with Gasteiger partial charge in [0.1, 0.15) is 11.4 Å². The van der Waals surface area contributed by atoms with Crippen LogP contribution < -0.4 is 5.32 Å². The summed E-state index contributed by atoms with van der Waals surface area (Å²) in [5.74, 6) is -0.476. The summed E-state index contributed by atoms with van der Waals surface area (Å²) in [7, 11) is 0. The zero-order valence-corrected chi connectivity index (χ0v) is 13.2. The fourth-order valence-electron chi connectivity index (χ4n) is 2.88. The Morgan fingerprint density at radius 1 is 1.43 bits per heavy atom. The molecule has 2 amide bonds. The van der Waals surface area contributed by atoms with Crippen LogP contribution in [0, 0.1) is 11.7 Å². The molecule has 21 heavy (non-hydrogen) atoms. The van der Waals surface area contributed by atoms with Crippen LogP contribution in [-0.4, -0.2) is 28.8 Å². The summed E-state index contributed by atoms with van der Waals surface area (Å²) in [5.41, 5.74) is -0.416. The van der Waals surface area contributed by atoms with Crippen LogP contribution in [0.4, 0.5) is 4.39 Å². The molecule has 0 aromatic heterocycles. The summed E-state index contributed by atoms with van der Waals surface area (Å²) in [5, 5.41) is 2.81. The van der Waals surface area contributed by atoms with E-state index in [1.807, 2.05) is 0 Å². The lowest BCUT2D eigenvalue weighted by Crippen LogP contribution is -2.66. The van der Waals surface area contributed by atoms with Gasteiger partial charge in [0.25, 0.3) is 0 Å². The number of nitrogens with zero attached hydrogens (tertiary/aromatic N) is 1. The molecule has 4 nitrogen and oxygen atoms in total. The first-order valence-electron chi connectivity index (χ1n) is 6.94. The Labute approximate surface area is 130 Å². The SMILES string of the molecule is CC1(C2CC2)NC(=O)CN(Cc2ccc(Br)cc2F)C1=O. The summed E-state index contributed by atoms with van der Waals surface area (Å²) < 4.78 is 14.6. The molecule has 6 heteroatoms. The van der Waals surface area contributed by atoms with Gasteiger partial charge in [0, 0.05) is 16.6 Å². The molecule has 1 aliphatic carbocycles. The van der Waals surface area contributed by atoms with Gasteiger partial charge in [0.15, 0.2) is 0 Å². The fraction of sp³-hybridized carbons (Fsp3) is 0.467. The maximum absolute atomic E-state index is 13.9. The minimum absolute atomic E-state index is 0.0172. The third-order valence-electron chi connectivity index (χ3n) is 4.24. The maximum Gasteiger partial charge on any atom is 0.249 e. The number of piperazine rings is 1. The van der Waals surface area contributed by atoms with Crippen molar-refractivity contribution in [2.24, 2.45) is 5.92 Å². The largest absolute Gasteiger partial charge is 0.340 e. The van der Waals surface area contributed by atoms with Gasteiger partial charge in [-0.15, -0.1) is 0 Å². The lowest BCUT2D eigenvalue weighted by molar-refractivity contribution is -0.150. The van der Waals surface area contributed by atoms with Crippen molar-refractivity contribution in [1.82, 2.24) is 10.2 Å². The van der Waals surface area contributed by atoms with E-state index < -0.39 is 5.54 Å². The van der Waals surface area contributed by atoms with Gasteiger partial charge in [-0.05, 0) is 37.8 Å². The predicted molar refractivity (Wildman–Crippen MR) is 78.8 cm³/mol. The lowest BCUT2D eigenvalue weighted by atomic mass is 9.91. The average Bonchev–Trinajstić information content (AvgIpc) is 3.23. The van der Waals surface area contributed by atoms with Crippen molar-refractivity contribution in [2.45, 2.75) is 31.8 Å². The summed E-state index contributed by atoms with van der Waals surface area (Å²) in [6, 6.07) is 4.73. The number of benzene rings is 1. The second-order valence-electron chi connectivity index (χ2n) is 5.92. The van der Waals surface area contributed by atoms with Crippen molar-refractivity contribution in [3.63, 3.8) is 0 Å². The first-order valence-corrected chi connectivity index (χ1v) is 7.74. The molecule has 2 fully saturated rings. The molecule has 1 unspecified atom stereocenters. The number of carbonyl (C=O) groups is 2. The van der Waals surface area contributed by atoms with Crippen molar-refractivity contribution in [3.8, 4) is 0 Å². The molecule has 1 aromatic rings. The highest BCUT2D eigenvalue weighted by atomic mass is 79.9. The zero-order valence-electron chi connectivity index (χ0n) is 11.7. The van der Waals surface area contributed by atoms with Crippen molar-refractivity contribution in [1.29, 1.82) is 0 Å². The van der Waals surface area contributed by atoms with Crippen molar-refractivity contribution < 1.29 is 14.0 Å². The van der Waals surface area contributed by atoms with E-state index in [0.717, 1.165) is 12.8 Å². The number of halogens is 2. The number of rotatable bonds is 3. The van der Waals surface area contributed by atoms with Crippen LogP contribution in [0.1, 0.15) is 25.3 Å². The van der Waals surface area contributed by atoms with Gasteiger partial charge in [-0.1, -0.05) is 22.0 Å². The summed E-state index contributed by atoms with van der Waals surface area (Å²) in [6.07, 6.45) is 1.89. The summed E-state index contributed by atoms with van der Waals surface area (Å²) in [4.78, 5) is 26.0. The smallest absolute Gasteiger partial charge is 0.249 e. The Morgan fingerprint density at radius 3 is 2.76 bits per heavy atom. The number of hydrogen-bond donors (Lipinski definition) is 1. The molecule has 1 aliphatic heterocycles. The number of amides is 2. The topological polar surface area (TPSA) is 49.4 Å². The first-order chi connectivity index (χ1) is 9.90. The first kappa shape index (κ1) is 14.5. The van der Waals surface area contributed by atoms with Crippen molar-refractivity contribution in [2.75, 3.05) is 6.54 Å². The summed E-state index contributed by atoms with van der Waals surface area (Å²) in [6.45, 7) is 1.87. The molecule has 1 saturated heterocycles. The highest BCUT2D eigenvalue weighted by Gasteiger charge is 2.52. The molecule has 1 atom stereocenters. The summed E-state index contributed by atoms with van der Waals surface area (Å²) >= 11 is 3.20. The molecule has 2 aliphatic rings. The van der Waals surface area contributed by atoms with E-state index in [1.165, 1.54) is 11.0 Å². The quantitative estimate of drug-likeness (QED) is 0.904. The Balaban J connectivity index is 1.83. The molecule has 3 rings (SSSR count). The standard InChI is InChI=1S/C15H16BrFN2O2/c1-15(10-3-4-10)14(21)19(8-13(20)18-15)7-9-2-5-11(16)6-12(9)17/h2,5-6,10H,3-4,7-8H2,1H3,(H,18,20). The molecular formula is C15H16BrFN2O2. The second kappa shape index (κ2) is 5.09. The van der Waals surface area contributed by atoms with Crippen molar-refractivity contribution in [3.05, 3.63) is 34.1 Å². The third-order valence-corrected chi connectivity index (χ3v) is 4.73. The monoisotopic (exact) mass is 354 g/mol. The van der Waals surface area contributed by atoms with E-state index in [4.69, 9.17) is 0 Å². The molecule has 0 bridgehead atoms. The van der Waals surface area contributed by atoms with E-state index in [2.05, 4.69) is 21.2 Å². The van der Waals surface area contributed by atoms with Gasteiger partial charge in [0.2, 0.25) is 11.8 Å².